The van der Waals surface area contributed by atoms with Crippen molar-refractivity contribution in [2.45, 2.75) is 33.6 Å². The van der Waals surface area contributed by atoms with E-state index in [9.17, 15) is 10.0 Å². The van der Waals surface area contributed by atoms with Gasteiger partial charge in [-0.1, -0.05) is 91.3 Å². The molecule has 0 aliphatic heterocycles. The van der Waals surface area contributed by atoms with E-state index in [2.05, 4.69) is 68.4 Å². The number of benzene rings is 2. The van der Waals surface area contributed by atoms with Crippen molar-refractivity contribution in [2.75, 3.05) is 0 Å². The van der Waals surface area contributed by atoms with Gasteiger partial charge in [-0.15, -0.1) is 0 Å². The van der Waals surface area contributed by atoms with Gasteiger partial charge in [0.2, 0.25) is 0 Å². The Labute approximate surface area is 189 Å². The van der Waals surface area contributed by atoms with E-state index in [-0.39, 0.29) is 11.0 Å². The molecule has 0 saturated heterocycles. The van der Waals surface area contributed by atoms with Crippen LogP contribution in [0.5, 0.6) is 0 Å². The summed E-state index contributed by atoms with van der Waals surface area (Å²) in [7, 11) is 0. The molecule has 0 radical (unpaired) electrons. The summed E-state index contributed by atoms with van der Waals surface area (Å²) in [6.45, 7) is 6.50. The molecule has 0 unspecified atom stereocenters. The third kappa shape index (κ3) is 6.17. The van der Waals surface area contributed by atoms with Crippen LogP contribution in [-0.4, -0.2) is 22.0 Å². The molecule has 0 heterocycles. The van der Waals surface area contributed by atoms with Crippen LogP contribution in [0.3, 0.4) is 0 Å². The SMILES string of the molecule is Cc1ccc(/C2=C/C(C)(C)C/C=C(C(/C=C/c3ccc(C(=O)O)cc3)=N\O)\C=C/C2)cc1. The summed E-state index contributed by atoms with van der Waals surface area (Å²) in [5.41, 5.74) is 6.04. The number of hydrogen-bond donors (Lipinski definition) is 2. The molecule has 1 aliphatic carbocycles. The zero-order valence-electron chi connectivity index (χ0n) is 18.7. The van der Waals surface area contributed by atoms with Crippen LogP contribution in [0.4, 0.5) is 0 Å². The lowest BCUT2D eigenvalue weighted by Gasteiger charge is -2.20. The number of allylic oxidation sites excluding steroid dienone is 7. The average molecular weight is 428 g/mol. The summed E-state index contributed by atoms with van der Waals surface area (Å²) in [5, 5.41) is 22.2. The Morgan fingerprint density at radius 3 is 2.38 bits per heavy atom. The first-order valence-electron chi connectivity index (χ1n) is 10.7. The van der Waals surface area contributed by atoms with Crippen LogP contribution in [0.15, 0.2) is 89.6 Å². The number of carboxylic acid groups (broad SMARTS) is 1. The van der Waals surface area contributed by atoms with E-state index < -0.39 is 5.97 Å². The van der Waals surface area contributed by atoms with E-state index in [1.807, 2.05) is 12.2 Å². The molecule has 2 aromatic rings. The molecule has 0 bridgehead atoms. The van der Waals surface area contributed by atoms with Crippen LogP contribution in [0.1, 0.15) is 53.7 Å². The molecular formula is C28H29NO3. The second-order valence-electron chi connectivity index (χ2n) is 8.74. The molecule has 2 N–H and O–H groups in total. The minimum absolute atomic E-state index is 0.0611. The standard InChI is InChI=1S/C28H29NO3/c1-20-7-12-22(13-8-20)25-6-4-5-23(17-18-28(2,3)19-25)26(29-32)16-11-21-9-14-24(15-10-21)27(30)31/h4-5,7-17,19,32H,6,18H2,1-3H3,(H,30,31)/b5-4-,16-11+,23-17+,25-19+,29-26-. The Bertz CT molecular complexity index is 1110. The number of aromatic carboxylic acids is 1. The van der Waals surface area contributed by atoms with Crippen LogP contribution >= 0.6 is 0 Å². The van der Waals surface area contributed by atoms with Gasteiger partial charge < -0.3 is 10.3 Å². The van der Waals surface area contributed by atoms with Crippen LogP contribution in [-0.2, 0) is 0 Å². The summed E-state index contributed by atoms with van der Waals surface area (Å²) in [5.74, 6) is -0.958. The van der Waals surface area contributed by atoms with Gasteiger partial charge in [0.1, 0.15) is 5.71 Å². The Kier molecular flexibility index (Phi) is 7.26. The van der Waals surface area contributed by atoms with Crippen molar-refractivity contribution in [1.82, 2.24) is 0 Å². The number of nitrogens with zero attached hydrogens (tertiary/aromatic N) is 1. The van der Waals surface area contributed by atoms with Gasteiger partial charge in [-0.2, -0.15) is 0 Å². The zero-order valence-corrected chi connectivity index (χ0v) is 18.7. The molecule has 0 atom stereocenters. The van der Waals surface area contributed by atoms with Crippen molar-refractivity contribution >= 4 is 23.3 Å². The van der Waals surface area contributed by atoms with Crippen LogP contribution in [0.25, 0.3) is 11.6 Å². The third-order valence-corrected chi connectivity index (χ3v) is 5.47. The summed E-state index contributed by atoms with van der Waals surface area (Å²) >= 11 is 0. The molecule has 0 aromatic heterocycles. The molecule has 32 heavy (non-hydrogen) atoms. The number of aryl methyl sites for hydroxylation is 1. The van der Waals surface area contributed by atoms with Crippen LogP contribution in [0, 0.1) is 12.3 Å². The van der Waals surface area contributed by atoms with Gasteiger partial charge in [0.05, 0.1) is 5.56 Å². The topological polar surface area (TPSA) is 69.9 Å². The summed E-state index contributed by atoms with van der Waals surface area (Å²) < 4.78 is 0. The van der Waals surface area contributed by atoms with Crippen molar-refractivity contribution in [3.05, 3.63) is 107 Å². The molecule has 0 amide bonds. The Balaban J connectivity index is 1.83. The van der Waals surface area contributed by atoms with Crippen molar-refractivity contribution < 1.29 is 15.1 Å². The third-order valence-electron chi connectivity index (χ3n) is 5.47. The average Bonchev–Trinajstić information content (AvgIpc) is 2.84. The fourth-order valence-electron chi connectivity index (χ4n) is 3.60. The largest absolute Gasteiger partial charge is 0.478 e. The number of carbonyl (C=O) groups is 1. The highest BCUT2D eigenvalue weighted by molar-refractivity contribution is 6.12. The predicted molar refractivity (Wildman–Crippen MR) is 131 cm³/mol. The zero-order chi connectivity index (χ0) is 23.1. The highest BCUT2D eigenvalue weighted by atomic mass is 16.4. The Morgan fingerprint density at radius 2 is 1.75 bits per heavy atom. The van der Waals surface area contributed by atoms with Gasteiger partial charge in [0, 0.05) is 0 Å². The van der Waals surface area contributed by atoms with E-state index >= 15 is 0 Å². The molecule has 0 fully saturated rings. The molecule has 2 aromatic carbocycles. The summed E-state index contributed by atoms with van der Waals surface area (Å²) in [6, 6.07) is 15.1. The minimum atomic E-state index is -0.958. The highest BCUT2D eigenvalue weighted by Gasteiger charge is 2.17. The van der Waals surface area contributed by atoms with Gasteiger partial charge >= 0.3 is 5.97 Å². The number of carboxylic acids is 1. The van der Waals surface area contributed by atoms with Gasteiger partial charge in [-0.05, 0) is 65.7 Å². The first-order chi connectivity index (χ1) is 15.3. The van der Waals surface area contributed by atoms with Gasteiger partial charge in [0.15, 0.2) is 0 Å². The molecule has 0 saturated carbocycles. The van der Waals surface area contributed by atoms with Crippen molar-refractivity contribution in [1.29, 1.82) is 0 Å². The van der Waals surface area contributed by atoms with Crippen molar-refractivity contribution in [2.24, 2.45) is 10.6 Å². The molecule has 4 heteroatoms. The monoisotopic (exact) mass is 427 g/mol. The first-order valence-corrected chi connectivity index (χ1v) is 10.7. The number of hydrogen-bond acceptors (Lipinski definition) is 3. The van der Waals surface area contributed by atoms with Crippen LogP contribution < -0.4 is 0 Å². The maximum Gasteiger partial charge on any atom is 0.335 e. The van der Waals surface area contributed by atoms with E-state index in [0.29, 0.717) is 5.71 Å². The maximum absolute atomic E-state index is 11.0. The molecule has 164 valence electrons. The van der Waals surface area contributed by atoms with E-state index in [0.717, 1.165) is 24.0 Å². The first kappa shape index (κ1) is 23.0. The maximum atomic E-state index is 11.0. The van der Waals surface area contributed by atoms with Gasteiger partial charge in [-0.25, -0.2) is 4.79 Å². The summed E-state index contributed by atoms with van der Waals surface area (Å²) in [6.07, 6.45) is 13.6. The number of oxime groups is 1. The van der Waals surface area contributed by atoms with Gasteiger partial charge in [0.25, 0.3) is 0 Å². The molecule has 0 spiro atoms. The lowest BCUT2D eigenvalue weighted by molar-refractivity contribution is 0.0697. The minimum Gasteiger partial charge on any atom is -0.478 e. The highest BCUT2D eigenvalue weighted by Crippen LogP contribution is 2.32. The van der Waals surface area contributed by atoms with E-state index in [1.54, 1.807) is 30.3 Å². The second kappa shape index (κ2) is 10.1. The molecule has 4 nitrogen and oxygen atoms in total. The van der Waals surface area contributed by atoms with Gasteiger partial charge in [-0.3, -0.25) is 0 Å². The van der Waals surface area contributed by atoms with Crippen LogP contribution in [0.2, 0.25) is 0 Å². The summed E-state index contributed by atoms with van der Waals surface area (Å²) in [4.78, 5) is 11.0. The molecule has 3 rings (SSSR count). The fourth-order valence-corrected chi connectivity index (χ4v) is 3.60. The molecular weight excluding hydrogens is 398 g/mol. The molecule has 1 aliphatic rings. The van der Waals surface area contributed by atoms with Crippen molar-refractivity contribution in [3.63, 3.8) is 0 Å². The normalized spacial score (nSPS) is 20.9. The second-order valence-corrected chi connectivity index (χ2v) is 8.74. The lowest BCUT2D eigenvalue weighted by Crippen LogP contribution is -2.08. The van der Waals surface area contributed by atoms with Crippen molar-refractivity contribution in [3.8, 4) is 0 Å². The van der Waals surface area contributed by atoms with E-state index in [4.69, 9.17) is 5.11 Å². The van der Waals surface area contributed by atoms with E-state index in [1.165, 1.54) is 16.7 Å². The fraction of sp³-hybridized carbons (Fsp3) is 0.214. The number of rotatable bonds is 5. The predicted octanol–water partition coefficient (Wildman–Crippen LogP) is 6.92. The Morgan fingerprint density at radius 1 is 1.06 bits per heavy atom. The smallest absolute Gasteiger partial charge is 0.335 e. The Hall–Kier alpha value is -3.66. The lowest BCUT2D eigenvalue weighted by atomic mass is 9.84. The quantitative estimate of drug-likeness (QED) is 0.309.